The number of amides is 1. The van der Waals surface area contributed by atoms with E-state index in [0.29, 0.717) is 11.1 Å². The molecule has 2 heteroatoms. The van der Waals surface area contributed by atoms with Gasteiger partial charge in [0, 0.05) is 8.22 Å². The Morgan fingerprint density at radius 1 is 1.59 bits per heavy atom. The maximum Gasteiger partial charge on any atom is 0.224 e. The fourth-order valence-corrected chi connectivity index (χ4v) is 2.34. The summed E-state index contributed by atoms with van der Waals surface area (Å²) in [5.41, 5.74) is 6.89. The van der Waals surface area contributed by atoms with Crippen molar-refractivity contribution in [2.75, 3.05) is 0 Å². The molecule has 0 radical (unpaired) electrons. The van der Waals surface area contributed by atoms with Gasteiger partial charge in [0.1, 0.15) is 0 Å². The van der Waals surface area contributed by atoms with Crippen molar-refractivity contribution >= 4 is 11.5 Å². The largest absolute Gasteiger partial charge is 0.369 e. The highest BCUT2D eigenvalue weighted by Gasteiger charge is 2.32. The molecule has 3 rings (SSSR count). The SMILES string of the molecule is [2H]c1c(C)ccc2c1C1=C(C2)C(C(N)=O)C([2H])([2H])C([2H])([2H])C1([2H])[2H]. The van der Waals surface area contributed by atoms with Gasteiger partial charge in [-0.1, -0.05) is 23.7 Å². The molecule has 0 heterocycles. The van der Waals surface area contributed by atoms with Crippen LogP contribution in [0, 0.1) is 12.8 Å². The second-order valence-electron chi connectivity index (χ2n) is 4.35. The van der Waals surface area contributed by atoms with Crippen LogP contribution < -0.4 is 5.73 Å². The summed E-state index contributed by atoms with van der Waals surface area (Å²) in [6.45, 7) is 1.69. The molecular weight excluding hydrogens is 210 g/mol. The molecule has 0 aromatic heterocycles. The number of benzene rings is 1. The average molecular weight is 234 g/mol. The first-order valence-corrected chi connectivity index (χ1v) is 5.48. The van der Waals surface area contributed by atoms with Gasteiger partial charge in [-0.15, -0.1) is 0 Å². The van der Waals surface area contributed by atoms with Gasteiger partial charge in [-0.25, -0.2) is 0 Å². The van der Waals surface area contributed by atoms with Crippen LogP contribution in [0.1, 0.15) is 45.4 Å². The Morgan fingerprint density at radius 3 is 3.18 bits per heavy atom. The van der Waals surface area contributed by atoms with Crippen LogP contribution in [-0.4, -0.2) is 5.91 Å². The first-order chi connectivity index (χ1) is 10.9. The van der Waals surface area contributed by atoms with Gasteiger partial charge < -0.3 is 5.73 Å². The summed E-state index contributed by atoms with van der Waals surface area (Å²) in [4.78, 5) is 11.9. The number of carbonyl (C=O) groups excluding carboxylic acids is 1. The number of nitrogens with two attached hydrogens (primary N) is 1. The molecule has 0 bridgehead atoms. The van der Waals surface area contributed by atoms with Gasteiger partial charge in [0.25, 0.3) is 0 Å². The molecule has 2 aliphatic rings. The molecule has 88 valence electrons. The van der Waals surface area contributed by atoms with Crippen molar-refractivity contribution in [1.29, 1.82) is 0 Å². The van der Waals surface area contributed by atoms with E-state index in [-0.39, 0.29) is 29.2 Å². The van der Waals surface area contributed by atoms with Crippen molar-refractivity contribution in [3.63, 3.8) is 0 Å². The number of primary amides is 1. The van der Waals surface area contributed by atoms with Gasteiger partial charge >= 0.3 is 0 Å². The highest BCUT2D eigenvalue weighted by atomic mass is 16.1. The Bertz CT molecular complexity index is 797. The Hall–Kier alpha value is -1.57. The fraction of sp³-hybridized carbons (Fsp3) is 0.400. The van der Waals surface area contributed by atoms with Crippen LogP contribution in [-0.2, 0) is 11.2 Å². The van der Waals surface area contributed by atoms with Crippen molar-refractivity contribution in [2.45, 2.75) is 32.5 Å². The quantitative estimate of drug-likeness (QED) is 0.797. The molecule has 0 spiro atoms. The standard InChI is InChI=1S/C15H17NO/c1-9-5-6-10-8-14-11(13(10)7-9)3-2-4-12(14)15(16)17/h5-7,12H,2-4,8H2,1H3,(H2,16,17)/i2D2,3D2,4D2,7D. The summed E-state index contributed by atoms with van der Waals surface area (Å²) in [7, 11) is 0. The number of hydrogen-bond acceptors (Lipinski definition) is 1. The number of carbonyl (C=O) groups is 1. The van der Waals surface area contributed by atoms with E-state index in [2.05, 4.69) is 0 Å². The molecule has 2 nitrogen and oxygen atoms in total. The third kappa shape index (κ3) is 1.59. The number of allylic oxidation sites excluding steroid dienone is 1. The van der Waals surface area contributed by atoms with Crippen molar-refractivity contribution < 1.29 is 14.4 Å². The Morgan fingerprint density at radius 2 is 2.41 bits per heavy atom. The first kappa shape index (κ1) is 5.38. The number of hydrogen-bond donors (Lipinski definition) is 1. The molecule has 2 N–H and O–H groups in total. The molecule has 1 aromatic rings. The summed E-state index contributed by atoms with van der Waals surface area (Å²) < 4.78 is 57.2. The van der Waals surface area contributed by atoms with Gasteiger partial charge in [-0.2, -0.15) is 0 Å². The van der Waals surface area contributed by atoms with Crippen LogP contribution in [0.25, 0.3) is 5.57 Å². The summed E-state index contributed by atoms with van der Waals surface area (Å²) >= 11 is 0. The van der Waals surface area contributed by atoms with E-state index >= 15 is 0 Å². The van der Waals surface area contributed by atoms with Crippen molar-refractivity contribution in [3.8, 4) is 0 Å². The zero-order valence-electron chi connectivity index (χ0n) is 16.4. The summed E-state index contributed by atoms with van der Waals surface area (Å²) in [6.07, 6.45) is -8.36. The van der Waals surface area contributed by atoms with Gasteiger partial charge in [0.05, 0.1) is 7.29 Å². The minimum Gasteiger partial charge on any atom is -0.369 e. The van der Waals surface area contributed by atoms with Crippen molar-refractivity contribution in [2.24, 2.45) is 11.7 Å². The lowest BCUT2D eigenvalue weighted by molar-refractivity contribution is -0.121. The second-order valence-corrected chi connectivity index (χ2v) is 4.35. The molecule has 0 saturated carbocycles. The zero-order valence-corrected chi connectivity index (χ0v) is 9.42. The minimum absolute atomic E-state index is 0.0721. The van der Waals surface area contributed by atoms with Crippen LogP contribution in [0.3, 0.4) is 0 Å². The molecule has 17 heavy (non-hydrogen) atoms. The van der Waals surface area contributed by atoms with Crippen LogP contribution in [0.15, 0.2) is 23.7 Å². The van der Waals surface area contributed by atoms with Crippen molar-refractivity contribution in [3.05, 3.63) is 40.4 Å². The van der Waals surface area contributed by atoms with Gasteiger partial charge in [-0.05, 0) is 54.7 Å². The molecular formula is C15H17NO. The van der Waals surface area contributed by atoms with Crippen molar-refractivity contribution in [1.82, 2.24) is 0 Å². The highest BCUT2D eigenvalue weighted by Crippen LogP contribution is 2.44. The van der Waals surface area contributed by atoms with E-state index in [9.17, 15) is 4.79 Å². The topological polar surface area (TPSA) is 43.1 Å². The minimum atomic E-state index is -2.98. The van der Waals surface area contributed by atoms with E-state index in [1.54, 1.807) is 19.1 Å². The maximum absolute atomic E-state index is 11.9. The summed E-state index contributed by atoms with van der Waals surface area (Å²) in [5.74, 6) is -2.60. The molecule has 0 fully saturated rings. The van der Waals surface area contributed by atoms with Crippen LogP contribution in [0.4, 0.5) is 0 Å². The van der Waals surface area contributed by atoms with E-state index < -0.39 is 30.9 Å². The highest BCUT2D eigenvalue weighted by molar-refractivity contribution is 5.87. The summed E-state index contributed by atoms with van der Waals surface area (Å²) in [6, 6.07) is 3.49. The molecule has 2 aliphatic carbocycles. The lowest BCUT2D eigenvalue weighted by Gasteiger charge is -2.22. The van der Waals surface area contributed by atoms with E-state index in [0.717, 1.165) is 0 Å². The van der Waals surface area contributed by atoms with Crippen LogP contribution >= 0.6 is 0 Å². The maximum atomic E-state index is 11.9. The predicted molar refractivity (Wildman–Crippen MR) is 68.3 cm³/mol. The Labute approximate surface area is 111 Å². The van der Waals surface area contributed by atoms with Crippen LogP contribution in [0.2, 0.25) is 0 Å². The van der Waals surface area contributed by atoms with Gasteiger partial charge in [0.2, 0.25) is 5.91 Å². The average Bonchev–Trinajstić information content (AvgIpc) is 2.81. The molecule has 1 unspecified atom stereocenters. The van der Waals surface area contributed by atoms with E-state index in [4.69, 9.17) is 15.3 Å². The third-order valence-corrected chi connectivity index (χ3v) is 3.17. The zero-order chi connectivity index (χ0) is 18.2. The van der Waals surface area contributed by atoms with E-state index in [1.165, 1.54) is 0 Å². The number of aryl methyl sites for hydroxylation is 1. The van der Waals surface area contributed by atoms with Gasteiger partial charge in [0.15, 0.2) is 0 Å². The monoisotopic (exact) mass is 234 g/mol. The predicted octanol–water partition coefficient (Wildman–Crippen LogP) is 2.59. The summed E-state index contributed by atoms with van der Waals surface area (Å²) in [5, 5.41) is 0. The molecule has 1 amide bonds. The Balaban J connectivity index is 2.41. The number of fused-ring (bicyclic) bond motifs is 2. The normalized spacial score (nSPS) is 37.2. The lowest BCUT2D eigenvalue weighted by Crippen LogP contribution is -2.27. The Kier molecular flexibility index (Phi) is 1.18. The molecule has 0 saturated heterocycles. The fourth-order valence-electron chi connectivity index (χ4n) is 2.34. The first-order valence-electron chi connectivity index (χ1n) is 8.98. The smallest absolute Gasteiger partial charge is 0.224 e. The molecule has 1 atom stereocenters. The number of rotatable bonds is 1. The van der Waals surface area contributed by atoms with E-state index in [1.807, 2.05) is 0 Å². The lowest BCUT2D eigenvalue weighted by atomic mass is 9.82. The molecule has 0 aliphatic heterocycles. The van der Waals surface area contributed by atoms with Crippen LogP contribution in [0.5, 0.6) is 0 Å². The van der Waals surface area contributed by atoms with Gasteiger partial charge in [-0.3, -0.25) is 4.79 Å². The third-order valence-electron chi connectivity index (χ3n) is 3.17. The second kappa shape index (κ2) is 3.73. The molecule has 1 aromatic carbocycles.